The van der Waals surface area contributed by atoms with E-state index in [9.17, 15) is 25.0 Å². The zero-order valence-electron chi connectivity index (χ0n) is 15.8. The maximum Gasteiger partial charge on any atom is 0.270 e. The predicted octanol–water partition coefficient (Wildman–Crippen LogP) is 5.11. The Morgan fingerprint density at radius 3 is 2.10 bits per heavy atom. The molecule has 8 heteroatoms. The van der Waals surface area contributed by atoms with Gasteiger partial charge in [-0.15, -0.1) is 0 Å². The fourth-order valence-corrected chi connectivity index (χ4v) is 2.63. The van der Waals surface area contributed by atoms with Crippen molar-refractivity contribution in [1.29, 1.82) is 0 Å². The number of benzene rings is 3. The fourth-order valence-electron chi connectivity index (χ4n) is 2.63. The predicted molar refractivity (Wildman–Crippen MR) is 110 cm³/mol. The van der Waals surface area contributed by atoms with Gasteiger partial charge in [0.05, 0.1) is 9.85 Å². The Hall–Kier alpha value is -4.33. The second-order valence-corrected chi connectivity index (χ2v) is 6.41. The van der Waals surface area contributed by atoms with Gasteiger partial charge in [-0.1, -0.05) is 42.0 Å². The number of hydrogen-bond donors (Lipinski definition) is 0. The van der Waals surface area contributed by atoms with Crippen LogP contribution in [0.1, 0.15) is 21.5 Å². The molecule has 3 aromatic carbocycles. The Bertz CT molecular complexity index is 1140. The Kier molecular flexibility index (Phi) is 5.97. The van der Waals surface area contributed by atoms with Crippen LogP contribution in [0.5, 0.6) is 5.75 Å². The largest absolute Gasteiger partial charge is 0.453 e. The quantitative estimate of drug-likeness (QED) is 0.178. The minimum Gasteiger partial charge on any atom is -0.453 e. The first-order valence-corrected chi connectivity index (χ1v) is 8.83. The number of nitro benzene ring substituents is 2. The second kappa shape index (κ2) is 8.78. The Morgan fingerprint density at radius 1 is 0.867 bits per heavy atom. The lowest BCUT2D eigenvalue weighted by atomic mass is 10.1. The summed E-state index contributed by atoms with van der Waals surface area (Å²) < 4.78 is 5.72. The van der Waals surface area contributed by atoms with Crippen LogP contribution in [-0.4, -0.2) is 15.6 Å². The first-order valence-electron chi connectivity index (χ1n) is 8.83. The van der Waals surface area contributed by atoms with E-state index < -0.39 is 15.6 Å². The third-order valence-corrected chi connectivity index (χ3v) is 4.19. The Labute approximate surface area is 171 Å². The SMILES string of the molecule is Cc1ccc(C(=O)/C(=C\c2cccc([N+](=O)[O-])c2)Oc2ccc([N+](=O)[O-])cc2)cc1. The number of ketones is 1. The summed E-state index contributed by atoms with van der Waals surface area (Å²) in [4.78, 5) is 33.8. The van der Waals surface area contributed by atoms with Gasteiger partial charge < -0.3 is 4.74 Å². The van der Waals surface area contributed by atoms with E-state index in [4.69, 9.17) is 4.74 Å². The average Bonchev–Trinajstić information content (AvgIpc) is 2.74. The molecule has 0 saturated carbocycles. The van der Waals surface area contributed by atoms with Crippen molar-refractivity contribution in [2.75, 3.05) is 0 Å². The van der Waals surface area contributed by atoms with E-state index in [-0.39, 0.29) is 22.9 Å². The number of allylic oxidation sites excluding steroid dienone is 1. The normalized spacial score (nSPS) is 11.0. The van der Waals surface area contributed by atoms with Gasteiger partial charge in [-0.3, -0.25) is 25.0 Å². The second-order valence-electron chi connectivity index (χ2n) is 6.41. The molecule has 0 bridgehead atoms. The third kappa shape index (κ3) is 4.93. The summed E-state index contributed by atoms with van der Waals surface area (Å²) >= 11 is 0. The summed E-state index contributed by atoms with van der Waals surface area (Å²) in [5.41, 5.74) is 1.52. The fraction of sp³-hybridized carbons (Fsp3) is 0.0455. The molecule has 0 unspecified atom stereocenters. The van der Waals surface area contributed by atoms with Crippen molar-refractivity contribution < 1.29 is 19.4 Å². The number of Topliss-reactive ketones (excluding diaryl/α,β-unsaturated/α-hetero) is 1. The smallest absolute Gasteiger partial charge is 0.270 e. The zero-order valence-corrected chi connectivity index (χ0v) is 15.8. The molecule has 0 atom stereocenters. The van der Waals surface area contributed by atoms with E-state index >= 15 is 0 Å². The summed E-state index contributed by atoms with van der Waals surface area (Å²) in [6.07, 6.45) is 1.40. The van der Waals surface area contributed by atoms with Gasteiger partial charge in [0.1, 0.15) is 5.75 Å². The maximum atomic E-state index is 13.0. The first kappa shape index (κ1) is 20.4. The molecule has 0 saturated heterocycles. The highest BCUT2D eigenvalue weighted by atomic mass is 16.6. The lowest BCUT2D eigenvalue weighted by Gasteiger charge is -2.10. The van der Waals surface area contributed by atoms with Crippen LogP contribution in [0.3, 0.4) is 0 Å². The van der Waals surface area contributed by atoms with Crippen LogP contribution in [0, 0.1) is 27.2 Å². The molecule has 0 radical (unpaired) electrons. The highest BCUT2D eigenvalue weighted by molar-refractivity contribution is 6.10. The van der Waals surface area contributed by atoms with Crippen LogP contribution in [0.15, 0.2) is 78.6 Å². The molecule has 0 fully saturated rings. The number of carbonyl (C=O) groups excluding carboxylic acids is 1. The topological polar surface area (TPSA) is 113 Å². The number of hydrogen-bond acceptors (Lipinski definition) is 6. The minimum atomic E-state index is -0.541. The van der Waals surface area contributed by atoms with Gasteiger partial charge >= 0.3 is 0 Å². The molecule has 0 heterocycles. The molecule has 0 N–H and O–H groups in total. The van der Waals surface area contributed by atoms with Gasteiger partial charge in [0.15, 0.2) is 5.76 Å². The molecular formula is C22H16N2O6. The van der Waals surface area contributed by atoms with Gasteiger partial charge in [-0.25, -0.2) is 0 Å². The van der Waals surface area contributed by atoms with Crippen molar-refractivity contribution in [2.45, 2.75) is 6.92 Å². The van der Waals surface area contributed by atoms with E-state index in [2.05, 4.69) is 0 Å². The molecule has 0 aromatic heterocycles. The van der Waals surface area contributed by atoms with E-state index in [1.807, 2.05) is 6.92 Å². The summed E-state index contributed by atoms with van der Waals surface area (Å²) in [7, 11) is 0. The van der Waals surface area contributed by atoms with Gasteiger partial charge in [0.2, 0.25) is 5.78 Å². The van der Waals surface area contributed by atoms with Gasteiger partial charge in [-0.2, -0.15) is 0 Å². The Balaban J connectivity index is 2.00. The molecule has 0 aliphatic rings. The number of rotatable bonds is 7. The van der Waals surface area contributed by atoms with Crippen LogP contribution in [0.2, 0.25) is 0 Å². The first-order chi connectivity index (χ1) is 14.3. The lowest BCUT2D eigenvalue weighted by Crippen LogP contribution is -2.10. The van der Waals surface area contributed by atoms with Gasteiger partial charge in [0.25, 0.3) is 11.4 Å². The monoisotopic (exact) mass is 404 g/mol. The van der Waals surface area contributed by atoms with Crippen molar-refractivity contribution in [2.24, 2.45) is 0 Å². The number of aryl methyl sites for hydroxylation is 1. The number of nitrogens with zero attached hydrogens (tertiary/aromatic N) is 2. The van der Waals surface area contributed by atoms with Crippen molar-refractivity contribution >= 4 is 23.2 Å². The van der Waals surface area contributed by atoms with Gasteiger partial charge in [0, 0.05) is 29.8 Å². The summed E-state index contributed by atoms with van der Waals surface area (Å²) in [5, 5.41) is 21.9. The molecule has 150 valence electrons. The van der Waals surface area contributed by atoms with Crippen molar-refractivity contribution in [3.63, 3.8) is 0 Å². The molecule has 0 aliphatic heterocycles. The minimum absolute atomic E-state index is 0.0757. The van der Waals surface area contributed by atoms with Gasteiger partial charge in [-0.05, 0) is 30.7 Å². The van der Waals surface area contributed by atoms with E-state index in [1.165, 1.54) is 48.5 Å². The standard InChI is InChI=1S/C22H16N2O6/c1-15-5-7-17(8-6-15)22(25)21(14-16-3-2-4-19(13-16)24(28)29)30-20-11-9-18(10-12-20)23(26)27/h2-14H,1H3/b21-14+. The molecule has 30 heavy (non-hydrogen) atoms. The van der Waals surface area contributed by atoms with Crippen LogP contribution in [-0.2, 0) is 0 Å². The molecule has 8 nitrogen and oxygen atoms in total. The molecule has 0 spiro atoms. The molecule has 0 aliphatic carbocycles. The van der Waals surface area contributed by atoms with Crippen LogP contribution >= 0.6 is 0 Å². The molecular weight excluding hydrogens is 388 g/mol. The number of nitro groups is 2. The third-order valence-electron chi connectivity index (χ3n) is 4.19. The van der Waals surface area contributed by atoms with Crippen molar-refractivity contribution in [3.8, 4) is 5.75 Å². The number of carbonyl (C=O) groups is 1. The lowest BCUT2D eigenvalue weighted by molar-refractivity contribution is -0.385. The van der Waals surface area contributed by atoms with Crippen molar-refractivity contribution in [1.82, 2.24) is 0 Å². The zero-order chi connectivity index (χ0) is 21.7. The number of non-ortho nitro benzene ring substituents is 2. The average molecular weight is 404 g/mol. The maximum absolute atomic E-state index is 13.0. The molecule has 0 amide bonds. The number of ether oxygens (including phenoxy) is 1. The molecule has 3 aromatic rings. The van der Waals surface area contributed by atoms with E-state index in [0.29, 0.717) is 11.1 Å². The van der Waals surface area contributed by atoms with E-state index in [0.717, 1.165) is 5.56 Å². The molecule has 3 rings (SSSR count). The summed E-state index contributed by atoms with van der Waals surface area (Å²) in [6.45, 7) is 1.89. The summed E-state index contributed by atoms with van der Waals surface area (Å²) in [5.74, 6) is -0.286. The van der Waals surface area contributed by atoms with E-state index in [1.54, 1.807) is 30.3 Å². The highest BCUT2D eigenvalue weighted by Gasteiger charge is 2.17. The summed E-state index contributed by atoms with van der Waals surface area (Å²) in [6, 6.07) is 17.9. The Morgan fingerprint density at radius 2 is 1.50 bits per heavy atom. The van der Waals surface area contributed by atoms with Crippen molar-refractivity contribution in [3.05, 3.63) is 115 Å². The highest BCUT2D eigenvalue weighted by Crippen LogP contribution is 2.23. The van der Waals surface area contributed by atoms with Crippen LogP contribution in [0.25, 0.3) is 6.08 Å². The van der Waals surface area contributed by atoms with Crippen LogP contribution in [0.4, 0.5) is 11.4 Å². The van der Waals surface area contributed by atoms with Crippen LogP contribution < -0.4 is 4.74 Å².